The Kier molecular flexibility index (Phi) is 4.91. The number of anilines is 1. The second-order valence-corrected chi connectivity index (χ2v) is 5.27. The lowest BCUT2D eigenvalue weighted by Gasteiger charge is -2.18. The van der Waals surface area contributed by atoms with Crippen LogP contribution in [0.2, 0.25) is 0 Å². The van der Waals surface area contributed by atoms with E-state index in [1.165, 1.54) is 0 Å². The van der Waals surface area contributed by atoms with Crippen molar-refractivity contribution in [3.63, 3.8) is 0 Å². The average Bonchev–Trinajstić information content (AvgIpc) is 2.60. The van der Waals surface area contributed by atoms with E-state index in [4.69, 9.17) is 5.73 Å². The van der Waals surface area contributed by atoms with Crippen molar-refractivity contribution in [2.45, 2.75) is 19.0 Å². The number of hydrogen-bond acceptors (Lipinski definition) is 5. The first-order chi connectivity index (χ1) is 11.3. The summed E-state index contributed by atoms with van der Waals surface area (Å²) in [6.45, 7) is 0.624. The van der Waals surface area contributed by atoms with Crippen molar-refractivity contribution in [1.29, 1.82) is 0 Å². The number of pyridine rings is 3. The average molecular weight is 305 g/mol. The Morgan fingerprint density at radius 1 is 0.870 bits per heavy atom. The molecule has 1 atom stereocenters. The van der Waals surface area contributed by atoms with Crippen LogP contribution in [0.25, 0.3) is 0 Å². The highest BCUT2D eigenvalue weighted by Crippen LogP contribution is 2.16. The lowest BCUT2D eigenvalue weighted by atomic mass is 10.1. The van der Waals surface area contributed by atoms with Crippen LogP contribution in [0.3, 0.4) is 0 Å². The minimum atomic E-state index is 0.0642. The molecule has 0 aliphatic heterocycles. The van der Waals surface area contributed by atoms with Gasteiger partial charge in [-0.1, -0.05) is 18.2 Å². The minimum Gasteiger partial charge on any atom is -0.384 e. The van der Waals surface area contributed by atoms with Crippen LogP contribution in [-0.4, -0.2) is 15.0 Å². The van der Waals surface area contributed by atoms with Gasteiger partial charge >= 0.3 is 0 Å². The molecule has 0 saturated heterocycles. The highest BCUT2D eigenvalue weighted by molar-refractivity contribution is 5.28. The van der Waals surface area contributed by atoms with Crippen LogP contribution >= 0.6 is 0 Å². The van der Waals surface area contributed by atoms with Gasteiger partial charge in [-0.25, -0.2) is 4.98 Å². The quantitative estimate of drug-likeness (QED) is 0.732. The predicted molar refractivity (Wildman–Crippen MR) is 90.4 cm³/mol. The van der Waals surface area contributed by atoms with Gasteiger partial charge in [0.1, 0.15) is 5.82 Å². The Hall–Kier alpha value is -2.79. The Morgan fingerprint density at radius 3 is 2.35 bits per heavy atom. The fraction of sp³-hybridized carbons (Fsp3) is 0.167. The molecule has 0 saturated carbocycles. The molecule has 0 bridgehead atoms. The third kappa shape index (κ3) is 4.34. The second kappa shape index (κ2) is 7.47. The van der Waals surface area contributed by atoms with Crippen molar-refractivity contribution in [3.05, 3.63) is 84.1 Å². The number of aromatic nitrogens is 3. The molecule has 0 fully saturated rings. The summed E-state index contributed by atoms with van der Waals surface area (Å²) in [6.07, 6.45) is 4.38. The maximum atomic E-state index is 5.74. The molecule has 0 radical (unpaired) electrons. The Balaban J connectivity index is 1.75. The van der Waals surface area contributed by atoms with Gasteiger partial charge in [0.05, 0.1) is 17.4 Å². The zero-order valence-corrected chi connectivity index (χ0v) is 12.8. The van der Waals surface area contributed by atoms with Crippen LogP contribution in [0.4, 0.5) is 5.82 Å². The molecule has 5 nitrogen and oxygen atoms in total. The molecule has 3 aromatic rings. The number of hydrogen-bond donors (Lipinski definition) is 2. The molecule has 3 rings (SSSR count). The normalized spacial score (nSPS) is 12.0. The number of nitrogens with zero attached hydrogens (tertiary/aromatic N) is 3. The van der Waals surface area contributed by atoms with E-state index in [0.29, 0.717) is 12.4 Å². The standard InChI is InChI=1S/C18H19N5/c19-18-9-5-7-15(23-18)13-22-17(16-8-2-4-11-21-16)12-14-6-1-3-10-20-14/h1-11,17,22H,12-13H2,(H2,19,23). The topological polar surface area (TPSA) is 76.7 Å². The summed E-state index contributed by atoms with van der Waals surface area (Å²) in [6, 6.07) is 17.6. The summed E-state index contributed by atoms with van der Waals surface area (Å²) in [5.41, 5.74) is 8.66. The lowest BCUT2D eigenvalue weighted by molar-refractivity contribution is 0.509. The fourth-order valence-electron chi connectivity index (χ4n) is 2.42. The minimum absolute atomic E-state index is 0.0642. The first kappa shape index (κ1) is 15.1. The van der Waals surface area contributed by atoms with Crippen molar-refractivity contribution in [1.82, 2.24) is 20.3 Å². The lowest BCUT2D eigenvalue weighted by Crippen LogP contribution is -2.24. The maximum absolute atomic E-state index is 5.74. The molecule has 23 heavy (non-hydrogen) atoms. The zero-order chi connectivity index (χ0) is 15.9. The Bertz CT molecular complexity index is 731. The van der Waals surface area contributed by atoms with Crippen molar-refractivity contribution >= 4 is 5.82 Å². The Labute approximate surface area is 135 Å². The van der Waals surface area contributed by atoms with Gasteiger partial charge < -0.3 is 11.1 Å². The molecule has 0 aromatic carbocycles. The van der Waals surface area contributed by atoms with E-state index in [-0.39, 0.29) is 6.04 Å². The van der Waals surface area contributed by atoms with Gasteiger partial charge in [0.15, 0.2) is 0 Å². The molecule has 1 unspecified atom stereocenters. The zero-order valence-electron chi connectivity index (χ0n) is 12.8. The molecule has 0 aliphatic rings. The third-order valence-electron chi connectivity index (χ3n) is 3.54. The Morgan fingerprint density at radius 2 is 1.65 bits per heavy atom. The van der Waals surface area contributed by atoms with E-state index < -0.39 is 0 Å². The van der Waals surface area contributed by atoms with E-state index in [2.05, 4.69) is 20.3 Å². The molecule has 0 amide bonds. The van der Waals surface area contributed by atoms with E-state index in [0.717, 1.165) is 23.5 Å². The van der Waals surface area contributed by atoms with Gasteiger partial charge in [0.25, 0.3) is 0 Å². The van der Waals surface area contributed by atoms with Crippen LogP contribution < -0.4 is 11.1 Å². The van der Waals surface area contributed by atoms with E-state index in [1.54, 1.807) is 12.3 Å². The summed E-state index contributed by atoms with van der Waals surface area (Å²) < 4.78 is 0. The van der Waals surface area contributed by atoms with Gasteiger partial charge in [-0.3, -0.25) is 9.97 Å². The van der Waals surface area contributed by atoms with Crippen LogP contribution in [0.15, 0.2) is 67.0 Å². The molecular weight excluding hydrogens is 286 g/mol. The summed E-state index contributed by atoms with van der Waals surface area (Å²) >= 11 is 0. The summed E-state index contributed by atoms with van der Waals surface area (Å²) in [5.74, 6) is 0.531. The summed E-state index contributed by atoms with van der Waals surface area (Å²) in [5, 5.41) is 3.51. The van der Waals surface area contributed by atoms with Gasteiger partial charge in [-0.05, 0) is 36.4 Å². The molecule has 0 aliphatic carbocycles. The number of nitrogens with one attached hydrogen (secondary N) is 1. The molecular formula is C18H19N5. The van der Waals surface area contributed by atoms with Gasteiger partial charge in [-0.2, -0.15) is 0 Å². The van der Waals surface area contributed by atoms with Gasteiger partial charge in [0.2, 0.25) is 0 Å². The molecule has 3 N–H and O–H groups in total. The second-order valence-electron chi connectivity index (χ2n) is 5.27. The molecule has 5 heteroatoms. The van der Waals surface area contributed by atoms with Crippen molar-refractivity contribution in [2.24, 2.45) is 0 Å². The highest BCUT2D eigenvalue weighted by Gasteiger charge is 2.14. The predicted octanol–water partition coefficient (Wildman–Crippen LogP) is 2.53. The highest BCUT2D eigenvalue weighted by atomic mass is 15.0. The van der Waals surface area contributed by atoms with Crippen LogP contribution in [-0.2, 0) is 13.0 Å². The van der Waals surface area contributed by atoms with Crippen LogP contribution in [0, 0.1) is 0 Å². The molecule has 3 heterocycles. The van der Waals surface area contributed by atoms with Gasteiger partial charge in [0, 0.05) is 31.1 Å². The van der Waals surface area contributed by atoms with Gasteiger partial charge in [-0.15, -0.1) is 0 Å². The monoisotopic (exact) mass is 305 g/mol. The smallest absolute Gasteiger partial charge is 0.123 e. The molecule has 3 aromatic heterocycles. The number of rotatable bonds is 6. The summed E-state index contributed by atoms with van der Waals surface area (Å²) in [7, 11) is 0. The largest absolute Gasteiger partial charge is 0.384 e. The van der Waals surface area contributed by atoms with Crippen molar-refractivity contribution < 1.29 is 0 Å². The molecule has 116 valence electrons. The fourth-order valence-corrected chi connectivity index (χ4v) is 2.42. The number of nitrogens with two attached hydrogens (primary N) is 1. The molecule has 0 spiro atoms. The van der Waals surface area contributed by atoms with E-state index >= 15 is 0 Å². The van der Waals surface area contributed by atoms with Crippen LogP contribution in [0.5, 0.6) is 0 Å². The summed E-state index contributed by atoms with van der Waals surface area (Å²) in [4.78, 5) is 13.2. The first-order valence-corrected chi connectivity index (χ1v) is 7.57. The number of nitrogen functional groups attached to an aromatic ring is 1. The first-order valence-electron chi connectivity index (χ1n) is 7.57. The third-order valence-corrected chi connectivity index (χ3v) is 3.54. The van der Waals surface area contributed by atoms with E-state index in [9.17, 15) is 0 Å². The SMILES string of the molecule is Nc1cccc(CNC(Cc2ccccn2)c2ccccn2)n1. The van der Waals surface area contributed by atoms with Crippen molar-refractivity contribution in [2.75, 3.05) is 5.73 Å². The maximum Gasteiger partial charge on any atom is 0.123 e. The van der Waals surface area contributed by atoms with Crippen molar-refractivity contribution in [3.8, 4) is 0 Å². The van der Waals surface area contributed by atoms with Crippen LogP contribution in [0.1, 0.15) is 23.1 Å². The van der Waals surface area contributed by atoms with E-state index in [1.807, 2.05) is 54.7 Å².